The van der Waals surface area contributed by atoms with E-state index < -0.39 is 0 Å². The van der Waals surface area contributed by atoms with Crippen LogP contribution in [0.25, 0.3) is 10.8 Å². The summed E-state index contributed by atoms with van der Waals surface area (Å²) in [5, 5.41) is 18.7. The van der Waals surface area contributed by atoms with Crippen LogP contribution in [0.1, 0.15) is 24.0 Å². The molecule has 3 aromatic rings. The van der Waals surface area contributed by atoms with E-state index in [0.29, 0.717) is 13.1 Å². The maximum Gasteiger partial charge on any atom is 0.191 e. The van der Waals surface area contributed by atoms with Crippen molar-refractivity contribution in [3.05, 3.63) is 77.9 Å². The topological polar surface area (TPSA) is 65.9 Å². The highest BCUT2D eigenvalue weighted by atomic mass is 16.5. The highest BCUT2D eigenvalue weighted by molar-refractivity contribution is 5.84. The zero-order valence-electron chi connectivity index (χ0n) is 17.1. The van der Waals surface area contributed by atoms with Gasteiger partial charge in [0.05, 0.1) is 20.3 Å². The number of aliphatic hydroxyl groups is 1. The monoisotopic (exact) mass is 391 g/mol. The molecule has 3 aromatic carbocycles. The van der Waals surface area contributed by atoms with Crippen LogP contribution in [-0.2, 0) is 6.54 Å². The highest BCUT2D eigenvalue weighted by Crippen LogP contribution is 2.22. The molecular weight excluding hydrogens is 362 g/mol. The summed E-state index contributed by atoms with van der Waals surface area (Å²) in [6.45, 7) is 4.10. The van der Waals surface area contributed by atoms with Gasteiger partial charge in [0.25, 0.3) is 0 Å². The SMILES string of the molecule is CCNC(=NCc1ccc2cc(OC)ccc2c1)NCC(CO)c1ccccc1. The fourth-order valence-corrected chi connectivity index (χ4v) is 3.24. The van der Waals surface area contributed by atoms with Gasteiger partial charge in [0.1, 0.15) is 5.75 Å². The molecule has 1 unspecified atom stereocenters. The minimum Gasteiger partial charge on any atom is -0.497 e. The molecule has 0 aromatic heterocycles. The molecule has 0 amide bonds. The molecule has 0 aliphatic heterocycles. The molecule has 29 heavy (non-hydrogen) atoms. The number of guanidine groups is 1. The summed E-state index contributed by atoms with van der Waals surface area (Å²) < 4.78 is 5.29. The summed E-state index contributed by atoms with van der Waals surface area (Å²) >= 11 is 0. The third-order valence-electron chi connectivity index (χ3n) is 4.88. The van der Waals surface area contributed by atoms with E-state index in [9.17, 15) is 5.11 Å². The minimum atomic E-state index is 0.0238. The van der Waals surface area contributed by atoms with Gasteiger partial charge in [-0.1, -0.05) is 48.5 Å². The smallest absolute Gasteiger partial charge is 0.191 e. The first-order valence-corrected chi connectivity index (χ1v) is 9.98. The Morgan fingerprint density at radius 3 is 2.48 bits per heavy atom. The van der Waals surface area contributed by atoms with Crippen LogP contribution in [0.4, 0.5) is 0 Å². The second kappa shape index (κ2) is 10.5. The van der Waals surface area contributed by atoms with Crippen molar-refractivity contribution in [1.82, 2.24) is 10.6 Å². The number of methoxy groups -OCH3 is 1. The quantitative estimate of drug-likeness (QED) is 0.405. The lowest BCUT2D eigenvalue weighted by molar-refractivity contribution is 0.265. The lowest BCUT2D eigenvalue weighted by Gasteiger charge is -2.18. The molecule has 0 heterocycles. The molecule has 0 aliphatic rings. The van der Waals surface area contributed by atoms with Crippen LogP contribution in [0.5, 0.6) is 5.75 Å². The van der Waals surface area contributed by atoms with Gasteiger partial charge in [-0.3, -0.25) is 0 Å². The van der Waals surface area contributed by atoms with E-state index in [2.05, 4.69) is 34.9 Å². The average molecular weight is 392 g/mol. The predicted molar refractivity (Wildman–Crippen MR) is 120 cm³/mol. The van der Waals surface area contributed by atoms with E-state index in [1.807, 2.05) is 49.4 Å². The van der Waals surface area contributed by atoms with Crippen LogP contribution in [0.3, 0.4) is 0 Å². The minimum absolute atomic E-state index is 0.0238. The van der Waals surface area contributed by atoms with Crippen molar-refractivity contribution in [1.29, 1.82) is 0 Å². The van der Waals surface area contributed by atoms with E-state index >= 15 is 0 Å². The van der Waals surface area contributed by atoms with Crippen molar-refractivity contribution >= 4 is 16.7 Å². The third-order valence-corrected chi connectivity index (χ3v) is 4.88. The second-order valence-electron chi connectivity index (χ2n) is 6.91. The standard InChI is InChI=1S/C24H29N3O2/c1-3-25-24(27-16-22(17-28)19-7-5-4-6-8-19)26-15-18-9-10-21-14-23(29-2)12-11-20(21)13-18/h4-14,22,28H,3,15-17H2,1-2H3,(H2,25,26,27). The van der Waals surface area contributed by atoms with Crippen LogP contribution in [0.2, 0.25) is 0 Å². The molecule has 152 valence electrons. The normalized spacial score (nSPS) is 12.6. The molecular formula is C24H29N3O2. The number of rotatable bonds is 8. The Kier molecular flexibility index (Phi) is 7.47. The number of hydrogen-bond acceptors (Lipinski definition) is 3. The zero-order valence-corrected chi connectivity index (χ0v) is 17.1. The Hall–Kier alpha value is -3.05. The van der Waals surface area contributed by atoms with Crippen molar-refractivity contribution in [2.75, 3.05) is 26.8 Å². The highest BCUT2D eigenvalue weighted by Gasteiger charge is 2.10. The van der Waals surface area contributed by atoms with E-state index in [0.717, 1.165) is 34.8 Å². The molecule has 0 aliphatic carbocycles. The first-order chi connectivity index (χ1) is 14.2. The lowest BCUT2D eigenvalue weighted by Crippen LogP contribution is -2.39. The Balaban J connectivity index is 1.67. The Morgan fingerprint density at radius 1 is 1.00 bits per heavy atom. The van der Waals surface area contributed by atoms with Crippen LogP contribution >= 0.6 is 0 Å². The van der Waals surface area contributed by atoms with E-state index in [1.165, 1.54) is 5.39 Å². The molecule has 3 rings (SSSR count). The Bertz CT molecular complexity index is 941. The number of nitrogens with zero attached hydrogens (tertiary/aromatic N) is 1. The van der Waals surface area contributed by atoms with Crippen molar-refractivity contribution in [3.8, 4) is 5.75 Å². The molecule has 0 fully saturated rings. The summed E-state index contributed by atoms with van der Waals surface area (Å²) in [4.78, 5) is 4.71. The van der Waals surface area contributed by atoms with Crippen LogP contribution in [0.15, 0.2) is 71.7 Å². The van der Waals surface area contributed by atoms with Gasteiger partial charge in [-0.15, -0.1) is 0 Å². The number of fused-ring (bicyclic) bond motifs is 1. The van der Waals surface area contributed by atoms with Crippen molar-refractivity contribution in [2.24, 2.45) is 4.99 Å². The summed E-state index contributed by atoms with van der Waals surface area (Å²) in [7, 11) is 1.68. The van der Waals surface area contributed by atoms with Crippen LogP contribution in [-0.4, -0.2) is 37.9 Å². The molecule has 5 nitrogen and oxygen atoms in total. The van der Waals surface area contributed by atoms with Gasteiger partial charge in [0, 0.05) is 19.0 Å². The number of aliphatic imine (C=N–C) groups is 1. The van der Waals surface area contributed by atoms with E-state index in [1.54, 1.807) is 7.11 Å². The van der Waals surface area contributed by atoms with Crippen LogP contribution < -0.4 is 15.4 Å². The lowest BCUT2D eigenvalue weighted by atomic mass is 10.0. The molecule has 0 saturated carbocycles. The van der Waals surface area contributed by atoms with Gasteiger partial charge in [0.15, 0.2) is 5.96 Å². The molecule has 5 heteroatoms. The van der Waals surface area contributed by atoms with Gasteiger partial charge in [-0.25, -0.2) is 4.99 Å². The van der Waals surface area contributed by atoms with Crippen molar-refractivity contribution in [3.63, 3.8) is 0 Å². The molecule has 1 atom stereocenters. The molecule has 0 spiro atoms. The maximum atomic E-state index is 9.76. The van der Waals surface area contributed by atoms with Gasteiger partial charge >= 0.3 is 0 Å². The van der Waals surface area contributed by atoms with Gasteiger partial charge in [-0.05, 0) is 47.0 Å². The van der Waals surface area contributed by atoms with Gasteiger partial charge in [-0.2, -0.15) is 0 Å². The maximum absolute atomic E-state index is 9.76. The average Bonchev–Trinajstić information content (AvgIpc) is 2.78. The number of nitrogens with one attached hydrogen (secondary N) is 2. The Morgan fingerprint density at radius 2 is 1.76 bits per heavy atom. The first-order valence-electron chi connectivity index (χ1n) is 9.98. The molecule has 0 bridgehead atoms. The van der Waals surface area contributed by atoms with E-state index in [-0.39, 0.29) is 12.5 Å². The second-order valence-corrected chi connectivity index (χ2v) is 6.91. The number of hydrogen-bond donors (Lipinski definition) is 3. The molecule has 3 N–H and O–H groups in total. The van der Waals surface area contributed by atoms with Crippen molar-refractivity contribution in [2.45, 2.75) is 19.4 Å². The third kappa shape index (κ3) is 5.72. The van der Waals surface area contributed by atoms with Gasteiger partial charge in [0.2, 0.25) is 0 Å². The fourth-order valence-electron chi connectivity index (χ4n) is 3.24. The zero-order chi connectivity index (χ0) is 20.5. The summed E-state index contributed by atoms with van der Waals surface area (Å²) in [5.41, 5.74) is 2.25. The van der Waals surface area contributed by atoms with Crippen LogP contribution in [0, 0.1) is 0 Å². The number of benzene rings is 3. The fraction of sp³-hybridized carbons (Fsp3) is 0.292. The first kappa shape index (κ1) is 20.7. The predicted octanol–water partition coefficient (Wildman–Crippen LogP) is 3.68. The Labute approximate surface area is 172 Å². The van der Waals surface area contributed by atoms with E-state index in [4.69, 9.17) is 9.73 Å². The summed E-state index contributed by atoms with van der Waals surface area (Å²) in [5.74, 6) is 1.63. The largest absolute Gasteiger partial charge is 0.497 e. The number of aliphatic hydroxyl groups excluding tert-OH is 1. The number of ether oxygens (including phenoxy) is 1. The summed E-state index contributed by atoms with van der Waals surface area (Å²) in [6, 6.07) is 22.5. The molecule has 0 radical (unpaired) electrons. The summed E-state index contributed by atoms with van der Waals surface area (Å²) in [6.07, 6.45) is 0. The van der Waals surface area contributed by atoms with Gasteiger partial charge < -0.3 is 20.5 Å². The molecule has 0 saturated heterocycles. The van der Waals surface area contributed by atoms with Crippen molar-refractivity contribution < 1.29 is 9.84 Å².